The predicted molar refractivity (Wildman–Crippen MR) is 95.7 cm³/mol. The standard InChI is InChI=1S/C18H21NO5S/c1-24-18(17(20)21,12-13-19-25(2,22)23)16-10-8-15(9-11-16)14-6-4-3-5-7-14/h3-11,19H,12-13H2,1-2H3,(H,20,21). The summed E-state index contributed by atoms with van der Waals surface area (Å²) in [6, 6.07) is 16.7. The smallest absolute Gasteiger partial charge is 0.340 e. The highest BCUT2D eigenvalue weighted by atomic mass is 32.2. The predicted octanol–water partition coefficient (Wildman–Crippen LogP) is 2.22. The van der Waals surface area contributed by atoms with E-state index in [0.29, 0.717) is 5.56 Å². The van der Waals surface area contributed by atoms with Gasteiger partial charge in [-0.1, -0.05) is 54.6 Å². The molecular formula is C18H21NO5S. The third-order valence-corrected chi connectivity index (χ3v) is 4.72. The van der Waals surface area contributed by atoms with E-state index in [-0.39, 0.29) is 13.0 Å². The normalized spacial score (nSPS) is 14.0. The van der Waals surface area contributed by atoms with Gasteiger partial charge in [-0.25, -0.2) is 17.9 Å². The van der Waals surface area contributed by atoms with Gasteiger partial charge < -0.3 is 9.84 Å². The Balaban J connectivity index is 2.30. The first kappa shape index (κ1) is 19.1. The van der Waals surface area contributed by atoms with Crippen molar-refractivity contribution in [2.75, 3.05) is 19.9 Å². The molecule has 2 aromatic rings. The molecule has 134 valence electrons. The lowest BCUT2D eigenvalue weighted by Crippen LogP contribution is -2.41. The molecule has 1 atom stereocenters. The Morgan fingerprint density at radius 2 is 1.64 bits per heavy atom. The van der Waals surface area contributed by atoms with E-state index in [1.807, 2.05) is 42.5 Å². The van der Waals surface area contributed by atoms with E-state index < -0.39 is 21.6 Å². The molecule has 6 nitrogen and oxygen atoms in total. The van der Waals surface area contributed by atoms with Crippen molar-refractivity contribution in [1.29, 1.82) is 0 Å². The fourth-order valence-corrected chi connectivity index (χ4v) is 3.13. The summed E-state index contributed by atoms with van der Waals surface area (Å²) in [5, 5.41) is 9.69. The van der Waals surface area contributed by atoms with Crippen LogP contribution in [0, 0.1) is 0 Å². The molecule has 25 heavy (non-hydrogen) atoms. The Bertz CT molecular complexity index is 818. The van der Waals surface area contributed by atoms with Gasteiger partial charge in [0.05, 0.1) is 6.26 Å². The summed E-state index contributed by atoms with van der Waals surface area (Å²) >= 11 is 0. The van der Waals surface area contributed by atoms with E-state index >= 15 is 0 Å². The number of hydrogen-bond acceptors (Lipinski definition) is 4. The Morgan fingerprint density at radius 3 is 2.12 bits per heavy atom. The summed E-state index contributed by atoms with van der Waals surface area (Å²) in [5.74, 6) is -1.17. The number of ether oxygens (including phenoxy) is 1. The maximum atomic E-state index is 11.9. The first-order valence-corrected chi connectivity index (χ1v) is 9.57. The summed E-state index contributed by atoms with van der Waals surface area (Å²) < 4.78 is 30.0. The molecule has 2 N–H and O–H groups in total. The van der Waals surface area contributed by atoms with Gasteiger partial charge in [0.2, 0.25) is 10.0 Å². The average Bonchev–Trinajstić information content (AvgIpc) is 2.59. The van der Waals surface area contributed by atoms with Crippen LogP contribution in [-0.4, -0.2) is 39.4 Å². The maximum absolute atomic E-state index is 11.9. The number of rotatable bonds is 8. The Labute approximate surface area is 147 Å². The molecule has 7 heteroatoms. The average molecular weight is 363 g/mol. The minimum absolute atomic E-state index is 0.0312. The molecule has 2 aromatic carbocycles. The van der Waals surface area contributed by atoms with Crippen LogP contribution in [-0.2, 0) is 25.2 Å². The summed E-state index contributed by atoms with van der Waals surface area (Å²) in [4.78, 5) is 11.9. The van der Waals surface area contributed by atoms with Crippen LogP contribution in [0.2, 0.25) is 0 Å². The number of sulfonamides is 1. The van der Waals surface area contributed by atoms with Gasteiger partial charge in [0.15, 0.2) is 5.60 Å². The summed E-state index contributed by atoms with van der Waals surface area (Å²) in [6.07, 6.45) is 0.994. The highest BCUT2D eigenvalue weighted by molar-refractivity contribution is 7.88. The second-order valence-electron chi connectivity index (χ2n) is 5.70. The Kier molecular flexibility index (Phi) is 5.94. The van der Waals surface area contributed by atoms with Gasteiger partial charge >= 0.3 is 5.97 Å². The first-order chi connectivity index (χ1) is 11.8. The van der Waals surface area contributed by atoms with Crippen molar-refractivity contribution in [3.63, 3.8) is 0 Å². The lowest BCUT2D eigenvalue weighted by molar-refractivity contribution is -0.164. The second kappa shape index (κ2) is 7.77. The van der Waals surface area contributed by atoms with Crippen LogP contribution in [0.1, 0.15) is 12.0 Å². The SMILES string of the molecule is COC(CCNS(C)(=O)=O)(C(=O)O)c1ccc(-c2ccccc2)cc1. The van der Waals surface area contributed by atoms with Crippen LogP contribution in [0.5, 0.6) is 0 Å². The zero-order valence-electron chi connectivity index (χ0n) is 14.1. The number of benzene rings is 2. The minimum Gasteiger partial charge on any atom is -0.479 e. The molecule has 0 amide bonds. The highest BCUT2D eigenvalue weighted by Crippen LogP contribution is 2.31. The van der Waals surface area contributed by atoms with Crippen LogP contribution in [0.4, 0.5) is 0 Å². The van der Waals surface area contributed by atoms with Crippen LogP contribution in [0.15, 0.2) is 54.6 Å². The molecule has 0 aliphatic rings. The van der Waals surface area contributed by atoms with E-state index in [2.05, 4.69) is 4.72 Å². The molecule has 1 unspecified atom stereocenters. The fourth-order valence-electron chi connectivity index (χ4n) is 2.66. The Hall–Kier alpha value is -2.22. The molecular weight excluding hydrogens is 342 g/mol. The number of nitrogens with one attached hydrogen (secondary N) is 1. The third-order valence-electron chi connectivity index (χ3n) is 3.99. The number of carbonyl (C=O) groups is 1. The highest BCUT2D eigenvalue weighted by Gasteiger charge is 2.40. The molecule has 0 heterocycles. The van der Waals surface area contributed by atoms with Gasteiger partial charge in [0.25, 0.3) is 0 Å². The van der Waals surface area contributed by atoms with Crippen LogP contribution in [0.25, 0.3) is 11.1 Å². The van der Waals surface area contributed by atoms with Crippen molar-refractivity contribution < 1.29 is 23.1 Å². The van der Waals surface area contributed by atoms with Crippen LogP contribution >= 0.6 is 0 Å². The molecule has 0 aliphatic heterocycles. The summed E-state index contributed by atoms with van der Waals surface area (Å²) in [7, 11) is -2.10. The van der Waals surface area contributed by atoms with Gasteiger partial charge in [-0.3, -0.25) is 0 Å². The van der Waals surface area contributed by atoms with Crippen LogP contribution in [0.3, 0.4) is 0 Å². The van der Waals surface area contributed by atoms with E-state index in [0.717, 1.165) is 17.4 Å². The number of carboxylic acid groups (broad SMARTS) is 1. The molecule has 0 aliphatic carbocycles. The number of carboxylic acids is 1. The monoisotopic (exact) mass is 363 g/mol. The maximum Gasteiger partial charge on any atom is 0.340 e. The number of aliphatic carboxylic acids is 1. The van der Waals surface area contributed by atoms with E-state index in [1.165, 1.54) is 7.11 Å². The number of methoxy groups -OCH3 is 1. The van der Waals surface area contributed by atoms with E-state index in [1.54, 1.807) is 12.1 Å². The molecule has 2 rings (SSSR count). The molecule has 0 radical (unpaired) electrons. The van der Waals surface area contributed by atoms with E-state index in [4.69, 9.17) is 4.74 Å². The quantitative estimate of drug-likeness (QED) is 0.750. The molecule has 0 aromatic heterocycles. The zero-order valence-corrected chi connectivity index (χ0v) is 14.9. The molecule has 0 fully saturated rings. The van der Waals surface area contributed by atoms with Gasteiger partial charge in [0.1, 0.15) is 0 Å². The van der Waals surface area contributed by atoms with Gasteiger partial charge in [-0.15, -0.1) is 0 Å². The minimum atomic E-state index is -3.40. The van der Waals surface area contributed by atoms with Gasteiger partial charge in [-0.2, -0.15) is 0 Å². The van der Waals surface area contributed by atoms with Gasteiger partial charge in [0, 0.05) is 20.1 Å². The summed E-state index contributed by atoms with van der Waals surface area (Å²) in [5.41, 5.74) is 0.810. The van der Waals surface area contributed by atoms with Gasteiger partial charge in [-0.05, 0) is 16.7 Å². The third kappa shape index (κ3) is 4.66. The van der Waals surface area contributed by atoms with Crippen molar-refractivity contribution in [3.05, 3.63) is 60.2 Å². The van der Waals surface area contributed by atoms with Crippen molar-refractivity contribution in [3.8, 4) is 11.1 Å². The lowest BCUT2D eigenvalue weighted by atomic mass is 9.89. The van der Waals surface area contributed by atoms with E-state index in [9.17, 15) is 18.3 Å². The molecule has 0 bridgehead atoms. The van der Waals surface area contributed by atoms with Crippen molar-refractivity contribution in [2.45, 2.75) is 12.0 Å². The summed E-state index contributed by atoms with van der Waals surface area (Å²) in [6.45, 7) is -0.0423. The molecule has 0 spiro atoms. The van der Waals surface area contributed by atoms with Crippen molar-refractivity contribution in [1.82, 2.24) is 4.72 Å². The van der Waals surface area contributed by atoms with Crippen molar-refractivity contribution >= 4 is 16.0 Å². The number of hydrogen-bond donors (Lipinski definition) is 2. The largest absolute Gasteiger partial charge is 0.479 e. The van der Waals surface area contributed by atoms with Crippen molar-refractivity contribution in [2.24, 2.45) is 0 Å². The second-order valence-corrected chi connectivity index (χ2v) is 7.53. The van der Waals surface area contributed by atoms with Crippen LogP contribution < -0.4 is 4.72 Å². The topological polar surface area (TPSA) is 92.7 Å². The molecule has 0 saturated carbocycles. The lowest BCUT2D eigenvalue weighted by Gasteiger charge is -2.28. The fraction of sp³-hybridized carbons (Fsp3) is 0.278. The molecule has 0 saturated heterocycles. The zero-order chi connectivity index (χ0) is 18.5. The Morgan fingerprint density at radius 1 is 1.08 bits per heavy atom. The first-order valence-electron chi connectivity index (χ1n) is 7.67.